The molecule has 0 saturated heterocycles. The fourth-order valence-electron chi connectivity index (χ4n) is 9.64. The van der Waals surface area contributed by atoms with E-state index in [0.717, 1.165) is 0 Å². The first-order chi connectivity index (χ1) is 20.0. The molecular formula is C42H54Cl2Zr. The summed E-state index contributed by atoms with van der Waals surface area (Å²) in [5.41, 5.74) is 15.9. The van der Waals surface area contributed by atoms with Gasteiger partial charge in [0.15, 0.2) is 0 Å². The van der Waals surface area contributed by atoms with Gasteiger partial charge < -0.3 is 24.8 Å². The monoisotopic (exact) mass is 718 g/mol. The molecule has 0 fully saturated rings. The summed E-state index contributed by atoms with van der Waals surface area (Å²) in [4.78, 5) is 0. The van der Waals surface area contributed by atoms with Gasteiger partial charge in [-0.2, -0.15) is 0 Å². The topological polar surface area (TPSA) is 0 Å². The molecule has 0 aliphatic heterocycles. The summed E-state index contributed by atoms with van der Waals surface area (Å²) < 4.78 is 3.74. The third-order valence-electron chi connectivity index (χ3n) is 12.5. The maximum atomic E-state index is 2.76. The summed E-state index contributed by atoms with van der Waals surface area (Å²) in [6, 6.07) is 12.0. The molecule has 0 bridgehead atoms. The Labute approximate surface area is 294 Å². The second kappa shape index (κ2) is 12.3. The maximum Gasteiger partial charge on any atom is -1.00 e. The quantitative estimate of drug-likeness (QED) is 0.312. The molecular weight excluding hydrogens is 667 g/mol. The molecule has 3 aromatic carbocycles. The molecule has 3 heteroatoms. The minimum Gasteiger partial charge on any atom is -1.00 e. The Morgan fingerprint density at radius 1 is 0.822 bits per heavy atom. The number of halogens is 2. The van der Waals surface area contributed by atoms with Crippen molar-refractivity contribution >= 4 is 14.0 Å². The van der Waals surface area contributed by atoms with Gasteiger partial charge in [-0.1, -0.05) is 0 Å². The van der Waals surface area contributed by atoms with Crippen LogP contribution in [0, 0.1) is 43.9 Å². The summed E-state index contributed by atoms with van der Waals surface area (Å²) in [5, 5.41) is 3.00. The number of hydrogen-bond acceptors (Lipinski definition) is 0. The van der Waals surface area contributed by atoms with E-state index in [0.29, 0.717) is 29.6 Å². The van der Waals surface area contributed by atoms with Crippen LogP contribution >= 0.6 is 0 Å². The van der Waals surface area contributed by atoms with Crippen LogP contribution in [0.4, 0.5) is 0 Å². The molecule has 3 aliphatic carbocycles. The van der Waals surface area contributed by atoms with Crippen molar-refractivity contribution in [2.75, 3.05) is 0 Å². The van der Waals surface area contributed by atoms with Gasteiger partial charge in [0.2, 0.25) is 0 Å². The van der Waals surface area contributed by atoms with Crippen LogP contribution in [0.5, 0.6) is 0 Å². The van der Waals surface area contributed by atoms with E-state index >= 15 is 0 Å². The largest absolute Gasteiger partial charge is 1.00 e. The summed E-state index contributed by atoms with van der Waals surface area (Å²) in [7, 11) is 0. The molecule has 6 unspecified atom stereocenters. The molecule has 240 valence electrons. The Kier molecular flexibility index (Phi) is 10.0. The van der Waals surface area contributed by atoms with Crippen molar-refractivity contribution in [3.63, 3.8) is 0 Å². The van der Waals surface area contributed by atoms with E-state index in [9.17, 15) is 0 Å². The number of rotatable bonds is 2. The third-order valence-corrected chi connectivity index (χ3v) is 22.1. The Hall–Kier alpha value is -1.27. The van der Waals surface area contributed by atoms with Crippen LogP contribution in [0.3, 0.4) is 0 Å². The second-order valence-corrected chi connectivity index (χ2v) is 24.3. The molecule has 0 N–H and O–H groups in total. The van der Waals surface area contributed by atoms with Crippen molar-refractivity contribution in [3.05, 3.63) is 90.3 Å². The minimum atomic E-state index is -2.47. The predicted octanol–water partition coefficient (Wildman–Crippen LogP) is 5.85. The number of fused-ring (bicyclic) bond motifs is 8. The average Bonchev–Trinajstić information content (AvgIpc) is 3.46. The Bertz CT molecular complexity index is 1790. The Morgan fingerprint density at radius 3 is 1.98 bits per heavy atom. The standard InChI is InChI=1S/C29H33.C10H15.C3H6.2ClH.Zr/c1-14-13-24-25(18(5)15(14)2)21(8)28-27-20(7)17(4)16(3)19(6)26(27)22-11-9-10-12-23(22)29(24)28;1-8-5-6-9(7-8)10(2,3)4;1-3-2;;;/h9-13,16-17,19,21H,1-8H3;6-8H,1-4H3;1-2H3;2*1H;/q;;;;;+2/p-2. The van der Waals surface area contributed by atoms with Crippen LogP contribution in [-0.2, 0) is 24.4 Å². The third kappa shape index (κ3) is 5.12. The Balaban J connectivity index is 0.00000230. The van der Waals surface area contributed by atoms with Crippen molar-refractivity contribution in [1.29, 1.82) is 0 Å². The van der Waals surface area contributed by atoms with Crippen LogP contribution in [0.1, 0.15) is 127 Å². The molecule has 3 aliphatic rings. The van der Waals surface area contributed by atoms with Crippen molar-refractivity contribution in [2.45, 2.75) is 112 Å². The van der Waals surface area contributed by atoms with Gasteiger partial charge >= 0.3 is 272 Å². The van der Waals surface area contributed by atoms with Gasteiger partial charge in [-0.05, 0) is 0 Å². The summed E-state index contributed by atoms with van der Waals surface area (Å²) >= 11 is -2.47. The fraction of sp³-hybridized carbons (Fsp3) is 0.500. The number of benzene rings is 3. The predicted molar refractivity (Wildman–Crippen MR) is 186 cm³/mol. The van der Waals surface area contributed by atoms with Gasteiger partial charge in [0.05, 0.1) is 0 Å². The van der Waals surface area contributed by atoms with Crippen LogP contribution in [0.25, 0.3) is 21.9 Å². The zero-order valence-electron chi connectivity index (χ0n) is 30.2. The van der Waals surface area contributed by atoms with Crippen LogP contribution < -0.4 is 24.8 Å². The zero-order valence-corrected chi connectivity index (χ0v) is 34.2. The van der Waals surface area contributed by atoms with Crippen molar-refractivity contribution in [2.24, 2.45) is 23.2 Å². The molecule has 6 rings (SSSR count). The molecule has 3 aromatic rings. The first kappa shape index (κ1) is 36.6. The van der Waals surface area contributed by atoms with Gasteiger partial charge in [0, 0.05) is 0 Å². The molecule has 0 nitrogen and oxygen atoms in total. The van der Waals surface area contributed by atoms with Gasteiger partial charge in [-0.25, -0.2) is 0 Å². The Morgan fingerprint density at radius 2 is 1.42 bits per heavy atom. The zero-order chi connectivity index (χ0) is 31.5. The average molecular weight is 721 g/mol. The van der Waals surface area contributed by atoms with Crippen molar-refractivity contribution < 1.29 is 46.1 Å². The smallest absolute Gasteiger partial charge is 1.00 e. The SMILES string of the molecule is C[C](C)=[Zr+2]([C]1=CC(C(C)(C)C)=CC1C)[C]1(C)c2c3c(c4ccccc4c2C(C)C(C)C1C)-c1cc(C)c(C)c(C)c1C3C.[Cl-].[Cl-]. The van der Waals surface area contributed by atoms with E-state index in [-0.39, 0.29) is 33.4 Å². The molecule has 0 amide bonds. The molecule has 0 saturated carbocycles. The molecule has 0 spiro atoms. The van der Waals surface area contributed by atoms with E-state index in [1.165, 1.54) is 33.0 Å². The summed E-state index contributed by atoms with van der Waals surface area (Å²) in [6.07, 6.45) is 5.31. The van der Waals surface area contributed by atoms with E-state index < -0.39 is 21.3 Å². The van der Waals surface area contributed by atoms with Crippen LogP contribution in [0.15, 0.2) is 51.3 Å². The van der Waals surface area contributed by atoms with Gasteiger partial charge in [-0.3, -0.25) is 0 Å². The van der Waals surface area contributed by atoms with Crippen LogP contribution in [-0.4, -0.2) is 3.21 Å². The molecule has 6 atom stereocenters. The van der Waals surface area contributed by atoms with E-state index in [1.807, 2.05) is 3.28 Å². The fourth-order valence-corrected chi connectivity index (χ4v) is 20.2. The van der Waals surface area contributed by atoms with Gasteiger partial charge in [0.25, 0.3) is 0 Å². The van der Waals surface area contributed by atoms with Gasteiger partial charge in [0.1, 0.15) is 0 Å². The second-order valence-electron chi connectivity index (χ2n) is 16.0. The normalized spacial score (nSPS) is 26.5. The van der Waals surface area contributed by atoms with Gasteiger partial charge in [-0.15, -0.1) is 0 Å². The van der Waals surface area contributed by atoms with Crippen LogP contribution in [0.2, 0.25) is 0 Å². The van der Waals surface area contributed by atoms with E-state index in [1.54, 1.807) is 36.6 Å². The first-order valence-corrected chi connectivity index (χ1v) is 20.5. The van der Waals surface area contributed by atoms with Crippen molar-refractivity contribution in [3.8, 4) is 11.1 Å². The number of allylic oxidation sites excluding steroid dienone is 4. The van der Waals surface area contributed by atoms with E-state index in [2.05, 4.69) is 139 Å². The van der Waals surface area contributed by atoms with Crippen molar-refractivity contribution in [1.82, 2.24) is 0 Å². The number of hydrogen-bond donors (Lipinski definition) is 0. The van der Waals surface area contributed by atoms with E-state index in [4.69, 9.17) is 0 Å². The molecule has 45 heavy (non-hydrogen) atoms. The number of aryl methyl sites for hydroxylation is 1. The molecule has 0 aromatic heterocycles. The maximum absolute atomic E-state index is 2.76. The minimum absolute atomic E-state index is 0. The summed E-state index contributed by atoms with van der Waals surface area (Å²) in [5.74, 6) is 2.74. The summed E-state index contributed by atoms with van der Waals surface area (Å²) in [6.45, 7) is 34.8. The first-order valence-electron chi connectivity index (χ1n) is 16.9. The molecule has 0 radical (unpaired) electrons. The molecule has 0 heterocycles.